The minimum Gasteiger partial charge on any atom is -0.496 e. The Kier molecular flexibility index (Phi) is 4.99. The average Bonchev–Trinajstić information content (AvgIpc) is 3.14. The zero-order valence-electron chi connectivity index (χ0n) is 14.9. The fraction of sp³-hybridized carbons (Fsp3) is 0.211. The van der Waals surface area contributed by atoms with Crippen LogP contribution in [-0.4, -0.2) is 38.5 Å². The minimum atomic E-state index is -2.47. The second kappa shape index (κ2) is 7.59. The number of aromatic nitrogens is 4. The van der Waals surface area contributed by atoms with E-state index in [2.05, 4.69) is 10.2 Å². The predicted octanol–water partition coefficient (Wildman–Crippen LogP) is 3.46. The first-order valence-corrected chi connectivity index (χ1v) is 9.48. The van der Waals surface area contributed by atoms with Gasteiger partial charge in [0.05, 0.1) is 30.3 Å². The van der Waals surface area contributed by atoms with Crippen molar-refractivity contribution >= 4 is 28.4 Å². The van der Waals surface area contributed by atoms with Crippen LogP contribution in [0.25, 0.3) is 16.7 Å². The molecule has 0 aliphatic heterocycles. The van der Waals surface area contributed by atoms with Gasteiger partial charge in [0.15, 0.2) is 5.16 Å². The molecular formula is C19H16F2N4O2S. The van der Waals surface area contributed by atoms with Crippen LogP contribution in [0.2, 0.25) is 0 Å². The van der Waals surface area contributed by atoms with Crippen LogP contribution >= 0.6 is 11.8 Å². The lowest BCUT2D eigenvalue weighted by Gasteiger charge is -2.13. The van der Waals surface area contributed by atoms with E-state index in [0.717, 1.165) is 17.3 Å². The Morgan fingerprint density at radius 1 is 1.11 bits per heavy atom. The molecule has 0 bridgehead atoms. The summed E-state index contributed by atoms with van der Waals surface area (Å²) in [6.45, 7) is 0.217. The first kappa shape index (κ1) is 18.4. The quantitative estimate of drug-likeness (QED) is 0.462. The number of ether oxygens (including phenoxy) is 1. The first-order valence-electron chi connectivity index (χ1n) is 8.49. The summed E-state index contributed by atoms with van der Waals surface area (Å²) in [6.07, 6.45) is -2.47. The standard InChI is InChI=1S/C19H16F2N4O2S/c1-27-15-9-5-2-6-12(15)10-24-17(26)13-7-3-4-8-14(13)25-18(24)22-23-19(25)28-11-16(20)21/h2-9,16H,10-11H2,1H3. The van der Waals surface area contributed by atoms with Crippen LogP contribution in [-0.2, 0) is 6.54 Å². The van der Waals surface area contributed by atoms with E-state index in [1.165, 1.54) is 4.57 Å². The van der Waals surface area contributed by atoms with Gasteiger partial charge in [-0.25, -0.2) is 8.78 Å². The first-order chi connectivity index (χ1) is 13.6. The summed E-state index contributed by atoms with van der Waals surface area (Å²) in [5.74, 6) is 0.541. The molecule has 0 N–H and O–H groups in total. The lowest BCUT2D eigenvalue weighted by atomic mass is 10.2. The predicted molar refractivity (Wildman–Crippen MR) is 104 cm³/mol. The molecule has 0 aliphatic rings. The molecule has 0 fully saturated rings. The van der Waals surface area contributed by atoms with Crippen molar-refractivity contribution in [1.82, 2.24) is 19.2 Å². The van der Waals surface area contributed by atoms with Crippen LogP contribution in [0.5, 0.6) is 5.75 Å². The van der Waals surface area contributed by atoms with Gasteiger partial charge >= 0.3 is 0 Å². The summed E-state index contributed by atoms with van der Waals surface area (Å²) >= 11 is 0.907. The molecule has 0 amide bonds. The Hall–Kier alpha value is -2.94. The fourth-order valence-corrected chi connectivity index (χ4v) is 3.79. The van der Waals surface area contributed by atoms with Crippen LogP contribution in [0.3, 0.4) is 0 Å². The minimum absolute atomic E-state index is 0.217. The third-order valence-electron chi connectivity index (χ3n) is 4.34. The van der Waals surface area contributed by atoms with Crippen molar-refractivity contribution in [1.29, 1.82) is 0 Å². The molecule has 0 radical (unpaired) electrons. The van der Waals surface area contributed by atoms with E-state index in [1.807, 2.05) is 24.3 Å². The summed E-state index contributed by atoms with van der Waals surface area (Å²) < 4.78 is 33.9. The molecular weight excluding hydrogens is 386 g/mol. The van der Waals surface area contributed by atoms with E-state index in [9.17, 15) is 13.6 Å². The molecule has 0 aliphatic carbocycles. The van der Waals surface area contributed by atoms with Crippen molar-refractivity contribution < 1.29 is 13.5 Å². The van der Waals surface area contributed by atoms with Gasteiger partial charge in [0.1, 0.15) is 5.75 Å². The van der Waals surface area contributed by atoms with Crippen LogP contribution in [0.1, 0.15) is 5.56 Å². The van der Waals surface area contributed by atoms with Gasteiger partial charge in [0.2, 0.25) is 12.2 Å². The number of rotatable bonds is 6. The lowest BCUT2D eigenvalue weighted by Crippen LogP contribution is -2.24. The molecule has 2 aromatic carbocycles. The van der Waals surface area contributed by atoms with Gasteiger partial charge in [-0.15, -0.1) is 10.2 Å². The highest BCUT2D eigenvalue weighted by Crippen LogP contribution is 2.24. The third kappa shape index (κ3) is 3.22. The number of thioether (sulfide) groups is 1. The van der Waals surface area contributed by atoms with Crippen LogP contribution in [0.4, 0.5) is 8.78 Å². The largest absolute Gasteiger partial charge is 0.496 e. The maximum absolute atomic E-state index is 13.1. The molecule has 144 valence electrons. The number of nitrogens with zero attached hydrogens (tertiary/aromatic N) is 4. The second-order valence-electron chi connectivity index (χ2n) is 6.04. The number of benzene rings is 2. The zero-order valence-corrected chi connectivity index (χ0v) is 15.7. The molecule has 0 unspecified atom stereocenters. The van der Waals surface area contributed by atoms with E-state index in [1.54, 1.807) is 35.8 Å². The number of fused-ring (bicyclic) bond motifs is 3. The molecule has 2 aromatic heterocycles. The molecule has 0 saturated carbocycles. The SMILES string of the molecule is COc1ccccc1Cn1c(=O)c2ccccc2n2c(SCC(F)F)nnc12. The van der Waals surface area contributed by atoms with E-state index in [-0.39, 0.29) is 12.1 Å². The van der Waals surface area contributed by atoms with Gasteiger partial charge in [-0.3, -0.25) is 13.8 Å². The molecule has 2 heterocycles. The number of para-hydroxylation sites is 2. The maximum atomic E-state index is 13.1. The van der Waals surface area contributed by atoms with Crippen molar-refractivity contribution in [3.05, 3.63) is 64.4 Å². The molecule has 28 heavy (non-hydrogen) atoms. The van der Waals surface area contributed by atoms with Crippen molar-refractivity contribution in [2.45, 2.75) is 18.1 Å². The number of halogens is 2. The summed E-state index contributed by atoms with van der Waals surface area (Å²) in [5, 5.41) is 8.96. The van der Waals surface area contributed by atoms with Gasteiger partial charge in [-0.1, -0.05) is 42.1 Å². The summed E-state index contributed by atoms with van der Waals surface area (Å²) in [5.41, 5.74) is 1.15. The Labute approximate surface area is 162 Å². The third-order valence-corrected chi connectivity index (χ3v) is 5.28. The van der Waals surface area contributed by atoms with E-state index < -0.39 is 12.2 Å². The van der Waals surface area contributed by atoms with Gasteiger partial charge in [0.25, 0.3) is 5.56 Å². The molecule has 4 rings (SSSR count). The Balaban J connectivity index is 1.95. The number of methoxy groups -OCH3 is 1. The second-order valence-corrected chi connectivity index (χ2v) is 7.03. The fourth-order valence-electron chi connectivity index (χ4n) is 3.11. The molecule has 0 saturated heterocycles. The van der Waals surface area contributed by atoms with Crippen LogP contribution < -0.4 is 10.3 Å². The van der Waals surface area contributed by atoms with E-state index in [0.29, 0.717) is 27.6 Å². The highest BCUT2D eigenvalue weighted by Gasteiger charge is 2.18. The van der Waals surface area contributed by atoms with Gasteiger partial charge in [-0.05, 0) is 18.2 Å². The number of alkyl halides is 2. The smallest absolute Gasteiger partial charge is 0.263 e. The highest BCUT2D eigenvalue weighted by molar-refractivity contribution is 7.99. The van der Waals surface area contributed by atoms with Crippen LogP contribution in [0.15, 0.2) is 58.5 Å². The maximum Gasteiger partial charge on any atom is 0.263 e. The monoisotopic (exact) mass is 402 g/mol. The number of hydrogen-bond acceptors (Lipinski definition) is 5. The number of hydrogen-bond donors (Lipinski definition) is 0. The Bertz CT molecular complexity index is 1210. The Morgan fingerprint density at radius 2 is 1.86 bits per heavy atom. The molecule has 0 spiro atoms. The van der Waals surface area contributed by atoms with Crippen molar-refractivity contribution in [2.75, 3.05) is 12.9 Å². The van der Waals surface area contributed by atoms with Crippen LogP contribution in [0, 0.1) is 0 Å². The van der Waals surface area contributed by atoms with E-state index >= 15 is 0 Å². The molecule has 0 atom stereocenters. The molecule has 9 heteroatoms. The lowest BCUT2D eigenvalue weighted by molar-refractivity contribution is 0.176. The average molecular weight is 402 g/mol. The summed E-state index contributed by atoms with van der Waals surface area (Å²) in [6, 6.07) is 14.4. The highest BCUT2D eigenvalue weighted by atomic mass is 32.2. The zero-order chi connectivity index (χ0) is 19.7. The topological polar surface area (TPSA) is 61.4 Å². The van der Waals surface area contributed by atoms with Crippen molar-refractivity contribution in [3.63, 3.8) is 0 Å². The summed E-state index contributed by atoms with van der Waals surface area (Å²) in [7, 11) is 1.56. The van der Waals surface area contributed by atoms with Gasteiger partial charge < -0.3 is 4.74 Å². The molecule has 6 nitrogen and oxygen atoms in total. The van der Waals surface area contributed by atoms with E-state index in [4.69, 9.17) is 4.74 Å². The Morgan fingerprint density at radius 3 is 2.64 bits per heavy atom. The molecule has 4 aromatic rings. The normalized spacial score (nSPS) is 11.6. The summed E-state index contributed by atoms with van der Waals surface area (Å²) in [4.78, 5) is 13.1. The van der Waals surface area contributed by atoms with Gasteiger partial charge in [-0.2, -0.15) is 0 Å². The van der Waals surface area contributed by atoms with Crippen molar-refractivity contribution in [2.24, 2.45) is 0 Å². The van der Waals surface area contributed by atoms with Gasteiger partial charge in [0, 0.05) is 5.56 Å². The van der Waals surface area contributed by atoms with Crippen molar-refractivity contribution in [3.8, 4) is 5.75 Å².